The summed E-state index contributed by atoms with van der Waals surface area (Å²) in [4.78, 5) is 11.2. The van der Waals surface area contributed by atoms with Crippen molar-refractivity contribution in [2.24, 2.45) is 5.92 Å². The van der Waals surface area contributed by atoms with E-state index in [0.717, 1.165) is 18.9 Å². The Bertz CT molecular complexity index is 164. The van der Waals surface area contributed by atoms with Crippen LogP contribution in [0.25, 0.3) is 0 Å². The molecule has 0 bridgehead atoms. The molecule has 2 N–H and O–H groups in total. The first-order valence-electron chi connectivity index (χ1n) is 5.18. The highest BCUT2D eigenvalue weighted by molar-refractivity contribution is 5.77. The number of amides is 1. The van der Waals surface area contributed by atoms with Crippen LogP contribution in [-0.2, 0) is 4.79 Å². The molecular weight excluding hydrogens is 164 g/mol. The monoisotopic (exact) mass is 184 g/mol. The first kappa shape index (κ1) is 10.5. The van der Waals surface area contributed by atoms with Crippen LogP contribution in [0.2, 0.25) is 0 Å². The number of hydrogen-bond acceptors (Lipinski definition) is 2. The van der Waals surface area contributed by atoms with Gasteiger partial charge in [-0.1, -0.05) is 26.7 Å². The highest BCUT2D eigenvalue weighted by atomic mass is 16.1. The van der Waals surface area contributed by atoms with Crippen molar-refractivity contribution < 1.29 is 4.79 Å². The topological polar surface area (TPSA) is 41.1 Å². The maximum atomic E-state index is 11.2. The van der Waals surface area contributed by atoms with E-state index in [9.17, 15) is 4.79 Å². The molecule has 3 heteroatoms. The third-order valence-corrected chi connectivity index (χ3v) is 2.24. The molecule has 1 rings (SSSR count). The molecule has 1 amide bonds. The lowest BCUT2D eigenvalue weighted by Gasteiger charge is -2.08. The smallest absolute Gasteiger partial charge is 0.233 e. The van der Waals surface area contributed by atoms with E-state index < -0.39 is 0 Å². The first-order chi connectivity index (χ1) is 6.18. The fraction of sp³-hybridized carbons (Fsp3) is 0.900. The summed E-state index contributed by atoms with van der Waals surface area (Å²) in [6, 6.07) is 0.384. The molecule has 1 aliphatic rings. The highest BCUT2D eigenvalue weighted by Gasteiger charge is 2.20. The number of rotatable bonds is 6. The maximum absolute atomic E-state index is 11.2. The summed E-state index contributed by atoms with van der Waals surface area (Å²) in [7, 11) is 0. The summed E-state index contributed by atoms with van der Waals surface area (Å²) in [6.45, 7) is 5.38. The Labute approximate surface area is 80.3 Å². The lowest BCUT2D eigenvalue weighted by atomic mass is 10.3. The van der Waals surface area contributed by atoms with E-state index in [1.165, 1.54) is 12.8 Å². The van der Waals surface area contributed by atoms with Crippen molar-refractivity contribution in [2.75, 3.05) is 13.1 Å². The van der Waals surface area contributed by atoms with Gasteiger partial charge in [0.2, 0.25) is 5.91 Å². The molecule has 0 heterocycles. The average Bonchev–Trinajstić information content (AvgIpc) is 2.84. The van der Waals surface area contributed by atoms with Gasteiger partial charge in [-0.2, -0.15) is 0 Å². The summed E-state index contributed by atoms with van der Waals surface area (Å²) in [5.74, 6) is 1.02. The second-order valence-corrected chi connectivity index (χ2v) is 4.12. The number of hydrogen-bond donors (Lipinski definition) is 2. The largest absolute Gasteiger partial charge is 0.355 e. The van der Waals surface area contributed by atoms with E-state index in [1.807, 2.05) is 13.8 Å². The van der Waals surface area contributed by atoms with Gasteiger partial charge in [0.15, 0.2) is 0 Å². The molecule has 0 atom stereocenters. The molecular formula is C10H20N2O. The van der Waals surface area contributed by atoms with Crippen LogP contribution in [0.3, 0.4) is 0 Å². The predicted molar refractivity (Wildman–Crippen MR) is 53.5 cm³/mol. The van der Waals surface area contributed by atoms with E-state index in [-0.39, 0.29) is 5.91 Å². The first-order valence-corrected chi connectivity index (χ1v) is 5.18. The van der Waals surface area contributed by atoms with Crippen LogP contribution in [0, 0.1) is 5.92 Å². The van der Waals surface area contributed by atoms with E-state index >= 15 is 0 Å². The molecule has 76 valence electrons. The molecule has 0 aromatic rings. The van der Waals surface area contributed by atoms with Crippen LogP contribution < -0.4 is 10.6 Å². The molecule has 0 aromatic carbocycles. The van der Waals surface area contributed by atoms with Gasteiger partial charge in [0.05, 0.1) is 6.54 Å². The van der Waals surface area contributed by atoms with Gasteiger partial charge in [0.25, 0.3) is 0 Å². The molecule has 13 heavy (non-hydrogen) atoms. The second-order valence-electron chi connectivity index (χ2n) is 4.12. The molecule has 0 aromatic heterocycles. The maximum Gasteiger partial charge on any atom is 0.233 e. The average molecular weight is 184 g/mol. The fourth-order valence-corrected chi connectivity index (χ4v) is 1.18. The summed E-state index contributed by atoms with van der Waals surface area (Å²) in [5.41, 5.74) is 0. The van der Waals surface area contributed by atoms with Crippen LogP contribution in [0.1, 0.15) is 33.1 Å². The normalized spacial score (nSPS) is 16.2. The molecule has 1 saturated carbocycles. The predicted octanol–water partition coefficient (Wildman–Crippen LogP) is 0.901. The minimum absolute atomic E-state index is 0.120. The van der Waals surface area contributed by atoms with E-state index in [2.05, 4.69) is 10.6 Å². The Morgan fingerprint density at radius 3 is 2.69 bits per heavy atom. The zero-order valence-electron chi connectivity index (χ0n) is 8.60. The summed E-state index contributed by atoms with van der Waals surface area (Å²) in [6.07, 6.45) is 3.88. The van der Waals surface area contributed by atoms with Crippen LogP contribution in [0.4, 0.5) is 0 Å². The van der Waals surface area contributed by atoms with Gasteiger partial charge in [-0.25, -0.2) is 0 Å². The highest BCUT2D eigenvalue weighted by Crippen LogP contribution is 2.31. The van der Waals surface area contributed by atoms with Crippen molar-refractivity contribution >= 4 is 5.91 Å². The molecule has 1 aliphatic carbocycles. The van der Waals surface area contributed by atoms with Gasteiger partial charge >= 0.3 is 0 Å². The van der Waals surface area contributed by atoms with E-state index in [4.69, 9.17) is 0 Å². The third-order valence-electron chi connectivity index (χ3n) is 2.24. The van der Waals surface area contributed by atoms with Gasteiger partial charge in [0.1, 0.15) is 0 Å². The van der Waals surface area contributed by atoms with Gasteiger partial charge in [-0.15, -0.1) is 0 Å². The fourth-order valence-electron chi connectivity index (χ4n) is 1.18. The quantitative estimate of drug-likeness (QED) is 0.644. The van der Waals surface area contributed by atoms with Crippen molar-refractivity contribution in [1.82, 2.24) is 10.6 Å². The molecule has 1 fully saturated rings. The second kappa shape index (κ2) is 5.22. The van der Waals surface area contributed by atoms with Crippen LogP contribution in [0.15, 0.2) is 0 Å². The zero-order chi connectivity index (χ0) is 9.68. The van der Waals surface area contributed by atoms with Crippen molar-refractivity contribution in [1.29, 1.82) is 0 Å². The molecule has 0 radical (unpaired) electrons. The Kier molecular flexibility index (Phi) is 4.22. The molecule has 0 aliphatic heterocycles. The summed E-state index contributed by atoms with van der Waals surface area (Å²) >= 11 is 0. The van der Waals surface area contributed by atoms with Crippen LogP contribution in [0.5, 0.6) is 0 Å². The van der Waals surface area contributed by atoms with Crippen LogP contribution >= 0.6 is 0 Å². The molecule has 0 spiro atoms. The number of nitrogens with one attached hydrogen (secondary N) is 2. The number of carbonyl (C=O) groups is 1. The van der Waals surface area contributed by atoms with Crippen molar-refractivity contribution in [3.05, 3.63) is 0 Å². The van der Waals surface area contributed by atoms with Gasteiger partial charge < -0.3 is 10.6 Å². The van der Waals surface area contributed by atoms with E-state index in [1.54, 1.807) is 0 Å². The van der Waals surface area contributed by atoms with Gasteiger partial charge in [-0.05, 0) is 12.3 Å². The Morgan fingerprint density at radius 1 is 1.46 bits per heavy atom. The Balaban J connectivity index is 1.90. The van der Waals surface area contributed by atoms with Crippen LogP contribution in [-0.4, -0.2) is 25.0 Å². The van der Waals surface area contributed by atoms with Crippen molar-refractivity contribution in [3.8, 4) is 0 Å². The molecule has 3 nitrogen and oxygen atoms in total. The molecule has 0 unspecified atom stereocenters. The Morgan fingerprint density at radius 2 is 2.15 bits per heavy atom. The van der Waals surface area contributed by atoms with Crippen molar-refractivity contribution in [3.63, 3.8) is 0 Å². The minimum Gasteiger partial charge on any atom is -0.355 e. The minimum atomic E-state index is 0.120. The zero-order valence-corrected chi connectivity index (χ0v) is 8.60. The Hall–Kier alpha value is -0.570. The lowest BCUT2D eigenvalue weighted by Crippen LogP contribution is -2.37. The molecule has 0 saturated heterocycles. The summed E-state index contributed by atoms with van der Waals surface area (Å²) < 4.78 is 0. The standard InChI is InChI=1S/C10H20N2O/c1-8(2)12-7-10(13)11-6-5-9-3-4-9/h8-9,12H,3-7H2,1-2H3,(H,11,13). The van der Waals surface area contributed by atoms with Gasteiger partial charge in [0, 0.05) is 12.6 Å². The van der Waals surface area contributed by atoms with E-state index in [0.29, 0.717) is 12.6 Å². The SMILES string of the molecule is CC(C)NCC(=O)NCCC1CC1. The third kappa shape index (κ3) is 5.64. The number of carbonyl (C=O) groups excluding carboxylic acids is 1. The van der Waals surface area contributed by atoms with Crippen molar-refractivity contribution in [2.45, 2.75) is 39.2 Å². The lowest BCUT2D eigenvalue weighted by molar-refractivity contribution is -0.120. The summed E-state index contributed by atoms with van der Waals surface area (Å²) in [5, 5.41) is 5.99. The van der Waals surface area contributed by atoms with Gasteiger partial charge in [-0.3, -0.25) is 4.79 Å².